The number of benzene rings is 2. The number of amides is 1. The molecule has 1 aromatic heterocycles. The zero-order chi connectivity index (χ0) is 18.1. The smallest absolute Gasteiger partial charge is 0.296 e. The Morgan fingerprint density at radius 3 is 2.69 bits per heavy atom. The van der Waals surface area contributed by atoms with Crippen molar-refractivity contribution in [2.75, 3.05) is 11.4 Å². The second-order valence-corrected chi connectivity index (χ2v) is 5.79. The minimum atomic E-state index is -1.00. The molecule has 1 aliphatic rings. The molecule has 7 heteroatoms. The molecule has 26 heavy (non-hydrogen) atoms. The number of fused-ring (bicyclic) bond motifs is 1. The molecular formula is C19H14F2N2O3. The number of hydrogen-bond donors (Lipinski definition) is 0. The SMILES string of the molecule is O=C1c2oc(COc3ccccc3)nc2CCN1c1ccc(F)c(F)c1. The molecule has 0 aliphatic carbocycles. The van der Waals surface area contributed by atoms with Crippen LogP contribution in [0.4, 0.5) is 14.5 Å². The molecule has 2 heterocycles. The highest BCUT2D eigenvalue weighted by Gasteiger charge is 2.31. The van der Waals surface area contributed by atoms with Crippen LogP contribution in [0.2, 0.25) is 0 Å². The summed E-state index contributed by atoms with van der Waals surface area (Å²) in [5.41, 5.74) is 0.818. The van der Waals surface area contributed by atoms with Crippen molar-refractivity contribution >= 4 is 11.6 Å². The van der Waals surface area contributed by atoms with E-state index in [2.05, 4.69) is 4.98 Å². The first kappa shape index (κ1) is 16.3. The Bertz CT molecular complexity index is 957. The second-order valence-electron chi connectivity index (χ2n) is 5.79. The van der Waals surface area contributed by atoms with Gasteiger partial charge in [0.25, 0.3) is 5.91 Å². The zero-order valence-electron chi connectivity index (χ0n) is 13.6. The summed E-state index contributed by atoms with van der Waals surface area (Å²) in [7, 11) is 0. The number of carbonyl (C=O) groups is 1. The van der Waals surface area contributed by atoms with Crippen LogP contribution in [0.3, 0.4) is 0 Å². The molecule has 0 atom stereocenters. The number of anilines is 1. The van der Waals surface area contributed by atoms with E-state index in [4.69, 9.17) is 9.15 Å². The van der Waals surface area contributed by atoms with Crippen LogP contribution in [-0.4, -0.2) is 17.4 Å². The van der Waals surface area contributed by atoms with Gasteiger partial charge < -0.3 is 14.1 Å². The topological polar surface area (TPSA) is 55.6 Å². The van der Waals surface area contributed by atoms with Crippen molar-refractivity contribution < 1.29 is 22.7 Å². The standard InChI is InChI=1S/C19H14F2N2O3/c20-14-7-6-12(10-15(14)21)23-9-8-16-18(19(23)24)26-17(22-16)11-25-13-4-2-1-3-5-13/h1-7,10H,8-9,11H2. The monoisotopic (exact) mass is 356 g/mol. The summed E-state index contributed by atoms with van der Waals surface area (Å²) in [4.78, 5) is 18.3. The average molecular weight is 356 g/mol. The molecule has 0 unspecified atom stereocenters. The lowest BCUT2D eigenvalue weighted by atomic mass is 10.1. The Balaban J connectivity index is 1.53. The van der Waals surface area contributed by atoms with Gasteiger partial charge in [-0.1, -0.05) is 18.2 Å². The van der Waals surface area contributed by atoms with Crippen molar-refractivity contribution in [1.29, 1.82) is 0 Å². The maximum absolute atomic E-state index is 13.5. The van der Waals surface area contributed by atoms with Crippen molar-refractivity contribution in [2.24, 2.45) is 0 Å². The van der Waals surface area contributed by atoms with E-state index in [-0.39, 0.29) is 18.1 Å². The zero-order valence-corrected chi connectivity index (χ0v) is 13.6. The molecule has 132 valence electrons. The van der Waals surface area contributed by atoms with Gasteiger partial charge in [-0.05, 0) is 24.3 Å². The van der Waals surface area contributed by atoms with Gasteiger partial charge in [0.1, 0.15) is 5.75 Å². The average Bonchev–Trinajstić information content (AvgIpc) is 3.08. The molecule has 4 rings (SSSR count). The molecule has 0 saturated carbocycles. The number of aromatic nitrogens is 1. The fourth-order valence-electron chi connectivity index (χ4n) is 2.80. The van der Waals surface area contributed by atoms with Crippen molar-refractivity contribution in [1.82, 2.24) is 4.98 Å². The second kappa shape index (κ2) is 6.59. The Morgan fingerprint density at radius 2 is 1.92 bits per heavy atom. The van der Waals surface area contributed by atoms with E-state index in [1.165, 1.54) is 11.0 Å². The van der Waals surface area contributed by atoms with E-state index in [0.29, 0.717) is 30.3 Å². The van der Waals surface area contributed by atoms with Gasteiger partial charge in [0.05, 0.1) is 5.69 Å². The van der Waals surface area contributed by atoms with E-state index in [0.717, 1.165) is 12.1 Å². The summed E-state index contributed by atoms with van der Waals surface area (Å²) in [5.74, 6) is -1.34. The Labute approximate surface area is 147 Å². The maximum Gasteiger partial charge on any atom is 0.296 e. The molecule has 2 aromatic carbocycles. The van der Waals surface area contributed by atoms with Crippen LogP contribution in [0, 0.1) is 11.6 Å². The van der Waals surface area contributed by atoms with Crippen molar-refractivity contribution in [3.05, 3.63) is 77.5 Å². The lowest BCUT2D eigenvalue weighted by Crippen LogP contribution is -2.37. The minimum Gasteiger partial charge on any atom is -0.484 e. The summed E-state index contributed by atoms with van der Waals surface area (Å²) < 4.78 is 37.7. The number of rotatable bonds is 4. The van der Waals surface area contributed by atoms with Crippen LogP contribution in [0.5, 0.6) is 5.75 Å². The van der Waals surface area contributed by atoms with E-state index < -0.39 is 17.5 Å². The molecule has 0 bridgehead atoms. The molecule has 0 N–H and O–H groups in total. The van der Waals surface area contributed by atoms with Gasteiger partial charge in [-0.15, -0.1) is 0 Å². The highest BCUT2D eigenvalue weighted by Crippen LogP contribution is 2.26. The van der Waals surface area contributed by atoms with Gasteiger partial charge in [-0.25, -0.2) is 13.8 Å². The fraction of sp³-hybridized carbons (Fsp3) is 0.158. The molecular weight excluding hydrogens is 342 g/mol. The quantitative estimate of drug-likeness (QED) is 0.715. The van der Waals surface area contributed by atoms with E-state index in [1.54, 1.807) is 12.1 Å². The number of hydrogen-bond acceptors (Lipinski definition) is 4. The Kier molecular flexibility index (Phi) is 4.12. The lowest BCUT2D eigenvalue weighted by molar-refractivity contribution is 0.0948. The third-order valence-electron chi connectivity index (χ3n) is 4.07. The first-order chi connectivity index (χ1) is 12.6. The van der Waals surface area contributed by atoms with Crippen molar-refractivity contribution in [2.45, 2.75) is 13.0 Å². The predicted molar refractivity (Wildman–Crippen MR) is 89.0 cm³/mol. The largest absolute Gasteiger partial charge is 0.484 e. The summed E-state index contributed by atoms with van der Waals surface area (Å²) >= 11 is 0. The third-order valence-corrected chi connectivity index (χ3v) is 4.07. The summed E-state index contributed by atoms with van der Waals surface area (Å²) in [6, 6.07) is 12.5. The molecule has 1 amide bonds. The number of carbonyl (C=O) groups excluding carboxylic acids is 1. The van der Waals surface area contributed by atoms with Crippen LogP contribution >= 0.6 is 0 Å². The number of halogens is 2. The van der Waals surface area contributed by atoms with Gasteiger partial charge in [0, 0.05) is 24.7 Å². The first-order valence-corrected chi connectivity index (χ1v) is 8.05. The maximum atomic E-state index is 13.5. The molecule has 0 radical (unpaired) electrons. The highest BCUT2D eigenvalue weighted by molar-refractivity contribution is 6.05. The van der Waals surface area contributed by atoms with Gasteiger partial charge in [0.15, 0.2) is 18.2 Å². The summed E-state index contributed by atoms with van der Waals surface area (Å²) in [5, 5.41) is 0. The molecule has 0 saturated heterocycles. The first-order valence-electron chi connectivity index (χ1n) is 8.05. The van der Waals surface area contributed by atoms with Crippen LogP contribution in [0.1, 0.15) is 22.1 Å². The number of nitrogens with zero attached hydrogens (tertiary/aromatic N) is 2. The fourth-order valence-corrected chi connectivity index (χ4v) is 2.80. The van der Waals surface area contributed by atoms with Crippen molar-refractivity contribution in [3.8, 4) is 5.75 Å². The minimum absolute atomic E-state index is 0.0927. The third kappa shape index (κ3) is 3.03. The van der Waals surface area contributed by atoms with E-state index in [1.807, 2.05) is 18.2 Å². The molecule has 3 aromatic rings. The van der Waals surface area contributed by atoms with Gasteiger partial charge in [-0.2, -0.15) is 0 Å². The van der Waals surface area contributed by atoms with Crippen LogP contribution < -0.4 is 9.64 Å². The molecule has 0 spiro atoms. The lowest BCUT2D eigenvalue weighted by Gasteiger charge is -2.25. The van der Waals surface area contributed by atoms with Crippen LogP contribution in [0.15, 0.2) is 52.9 Å². The van der Waals surface area contributed by atoms with E-state index in [9.17, 15) is 13.6 Å². The van der Waals surface area contributed by atoms with Crippen LogP contribution in [0.25, 0.3) is 0 Å². The number of ether oxygens (including phenoxy) is 1. The normalized spacial score (nSPS) is 13.6. The summed E-state index contributed by atoms with van der Waals surface area (Å²) in [6.07, 6.45) is 0.453. The Hall–Kier alpha value is -3.22. The Morgan fingerprint density at radius 1 is 1.12 bits per heavy atom. The predicted octanol–water partition coefficient (Wildman–Crippen LogP) is 3.73. The van der Waals surface area contributed by atoms with Gasteiger partial charge in [-0.3, -0.25) is 4.79 Å². The van der Waals surface area contributed by atoms with Gasteiger partial charge >= 0.3 is 0 Å². The van der Waals surface area contributed by atoms with Gasteiger partial charge in [0.2, 0.25) is 11.7 Å². The van der Waals surface area contributed by atoms with Crippen molar-refractivity contribution in [3.63, 3.8) is 0 Å². The van der Waals surface area contributed by atoms with Crippen LogP contribution in [-0.2, 0) is 13.0 Å². The molecule has 0 fully saturated rings. The van der Waals surface area contributed by atoms with E-state index >= 15 is 0 Å². The number of para-hydroxylation sites is 1. The number of oxazole rings is 1. The molecule has 5 nitrogen and oxygen atoms in total. The molecule has 1 aliphatic heterocycles. The summed E-state index contributed by atoms with van der Waals surface area (Å²) in [6.45, 7) is 0.401. The highest BCUT2D eigenvalue weighted by atomic mass is 19.2.